The van der Waals surface area contributed by atoms with Gasteiger partial charge < -0.3 is 15.7 Å². The smallest absolute Gasteiger partial charge is 0.323 e. The molecule has 0 amide bonds. The Kier molecular flexibility index (Phi) is 2.66. The Bertz CT molecular complexity index is 538. The molecule has 1 heterocycles. The number of likely N-dealkylation sites (N-methyl/N-ethyl adjacent to an activating group) is 1. The Hall–Kier alpha value is -1.82. The van der Waals surface area contributed by atoms with Crippen LogP contribution in [-0.4, -0.2) is 29.7 Å². The molecule has 0 aliphatic heterocycles. The van der Waals surface area contributed by atoms with Crippen LogP contribution in [0.25, 0.3) is 10.2 Å². The Morgan fingerprint density at radius 2 is 2.38 bits per heavy atom. The van der Waals surface area contributed by atoms with E-state index in [1.165, 1.54) is 11.3 Å². The summed E-state index contributed by atoms with van der Waals surface area (Å²) in [6.07, 6.45) is 0. The molecule has 0 unspecified atom stereocenters. The molecule has 2 rings (SSSR count). The lowest BCUT2D eigenvalue weighted by molar-refractivity contribution is -0.135. The van der Waals surface area contributed by atoms with Crippen molar-refractivity contribution in [1.82, 2.24) is 4.98 Å². The minimum absolute atomic E-state index is 0.0602. The molecule has 1 aromatic carbocycles. The molecular formula is C10H11N3O2S. The second-order valence-electron chi connectivity index (χ2n) is 3.47. The molecule has 0 atom stereocenters. The maximum atomic E-state index is 10.6. The van der Waals surface area contributed by atoms with Gasteiger partial charge in [-0.15, -0.1) is 0 Å². The number of hydrogen-bond donors (Lipinski definition) is 2. The molecule has 0 aliphatic carbocycles. The fourth-order valence-corrected chi connectivity index (χ4v) is 2.34. The number of hydrogen-bond acceptors (Lipinski definition) is 5. The zero-order valence-corrected chi connectivity index (χ0v) is 9.49. The first-order chi connectivity index (χ1) is 7.56. The fraction of sp³-hybridized carbons (Fsp3) is 0.200. The second-order valence-corrected chi connectivity index (χ2v) is 4.48. The summed E-state index contributed by atoms with van der Waals surface area (Å²) in [7, 11) is 1.70. The van der Waals surface area contributed by atoms with Crippen molar-refractivity contribution in [1.29, 1.82) is 0 Å². The fourth-order valence-electron chi connectivity index (χ4n) is 1.36. The van der Waals surface area contributed by atoms with Crippen LogP contribution in [-0.2, 0) is 4.79 Å². The van der Waals surface area contributed by atoms with Crippen LogP contribution in [0.2, 0.25) is 0 Å². The van der Waals surface area contributed by atoms with Crippen molar-refractivity contribution < 1.29 is 9.90 Å². The summed E-state index contributed by atoms with van der Waals surface area (Å²) in [5, 5.41) is 9.36. The van der Waals surface area contributed by atoms with Crippen molar-refractivity contribution in [2.75, 3.05) is 24.2 Å². The third-order valence-electron chi connectivity index (χ3n) is 2.10. The third kappa shape index (κ3) is 2.06. The minimum Gasteiger partial charge on any atom is -0.480 e. The van der Waals surface area contributed by atoms with Crippen molar-refractivity contribution in [2.45, 2.75) is 0 Å². The first-order valence-electron chi connectivity index (χ1n) is 4.65. The standard InChI is InChI=1S/C10H11N3O2S/c1-13(5-9(14)15)10-12-7-3-2-6(11)4-8(7)16-10/h2-4H,5,11H2,1H3,(H,14,15). The maximum absolute atomic E-state index is 10.6. The summed E-state index contributed by atoms with van der Waals surface area (Å²) in [4.78, 5) is 16.5. The lowest BCUT2D eigenvalue weighted by Crippen LogP contribution is -2.24. The average Bonchev–Trinajstić information content (AvgIpc) is 2.59. The van der Waals surface area contributed by atoms with Crippen LogP contribution in [0.15, 0.2) is 18.2 Å². The summed E-state index contributed by atoms with van der Waals surface area (Å²) < 4.78 is 0.965. The molecule has 0 saturated heterocycles. The molecule has 2 aromatic rings. The molecule has 3 N–H and O–H groups in total. The normalized spacial score (nSPS) is 10.6. The molecule has 0 spiro atoms. The SMILES string of the molecule is CN(CC(=O)O)c1nc2ccc(N)cc2s1. The number of fused-ring (bicyclic) bond motifs is 1. The van der Waals surface area contributed by atoms with Gasteiger partial charge in [0.15, 0.2) is 5.13 Å². The van der Waals surface area contributed by atoms with Crippen LogP contribution < -0.4 is 10.6 Å². The van der Waals surface area contributed by atoms with Crippen molar-refractivity contribution in [3.8, 4) is 0 Å². The van der Waals surface area contributed by atoms with E-state index in [4.69, 9.17) is 10.8 Å². The van der Waals surface area contributed by atoms with Crippen LogP contribution in [0.4, 0.5) is 10.8 Å². The molecule has 6 heteroatoms. The molecule has 0 bridgehead atoms. The van der Waals surface area contributed by atoms with E-state index < -0.39 is 5.97 Å². The number of nitrogens with zero attached hydrogens (tertiary/aromatic N) is 2. The highest BCUT2D eigenvalue weighted by Crippen LogP contribution is 2.29. The number of anilines is 2. The average molecular weight is 237 g/mol. The van der Waals surface area contributed by atoms with Gasteiger partial charge in [0.25, 0.3) is 0 Å². The number of benzene rings is 1. The number of carboxylic acids is 1. The topological polar surface area (TPSA) is 79.5 Å². The molecule has 0 radical (unpaired) electrons. The van der Waals surface area contributed by atoms with E-state index in [0.717, 1.165) is 10.2 Å². The molecule has 0 fully saturated rings. The number of aromatic nitrogens is 1. The van der Waals surface area contributed by atoms with Gasteiger partial charge in [-0.05, 0) is 18.2 Å². The first-order valence-corrected chi connectivity index (χ1v) is 5.47. The number of carbonyl (C=O) groups is 1. The minimum atomic E-state index is -0.874. The highest BCUT2D eigenvalue weighted by Gasteiger charge is 2.10. The van der Waals surface area contributed by atoms with Crippen LogP contribution >= 0.6 is 11.3 Å². The molecule has 16 heavy (non-hydrogen) atoms. The second kappa shape index (κ2) is 3.97. The number of nitrogen functional groups attached to an aromatic ring is 1. The summed E-state index contributed by atoms with van der Waals surface area (Å²) in [5.41, 5.74) is 7.18. The highest BCUT2D eigenvalue weighted by atomic mass is 32.1. The van der Waals surface area contributed by atoms with Crippen LogP contribution in [0.1, 0.15) is 0 Å². The number of nitrogens with two attached hydrogens (primary N) is 1. The molecule has 0 aliphatic rings. The van der Waals surface area contributed by atoms with Crippen molar-refractivity contribution in [3.05, 3.63) is 18.2 Å². The van der Waals surface area contributed by atoms with Gasteiger partial charge in [-0.2, -0.15) is 0 Å². The predicted molar refractivity (Wildman–Crippen MR) is 64.9 cm³/mol. The monoisotopic (exact) mass is 237 g/mol. The van der Waals surface area contributed by atoms with Gasteiger partial charge in [-0.3, -0.25) is 4.79 Å². The van der Waals surface area contributed by atoms with Crippen molar-refractivity contribution in [2.24, 2.45) is 0 Å². The number of rotatable bonds is 3. The molecule has 0 saturated carbocycles. The highest BCUT2D eigenvalue weighted by molar-refractivity contribution is 7.22. The third-order valence-corrected chi connectivity index (χ3v) is 3.23. The van der Waals surface area contributed by atoms with E-state index in [1.54, 1.807) is 18.0 Å². The van der Waals surface area contributed by atoms with E-state index in [2.05, 4.69) is 4.98 Å². The van der Waals surface area contributed by atoms with E-state index >= 15 is 0 Å². The lowest BCUT2D eigenvalue weighted by atomic mass is 10.3. The first kappa shape index (κ1) is 10.7. The summed E-state index contributed by atoms with van der Waals surface area (Å²) in [6, 6.07) is 5.45. The van der Waals surface area contributed by atoms with Gasteiger partial charge in [-0.1, -0.05) is 11.3 Å². The largest absolute Gasteiger partial charge is 0.480 e. The van der Waals surface area contributed by atoms with Gasteiger partial charge in [0.05, 0.1) is 10.2 Å². The number of aliphatic carboxylic acids is 1. The van der Waals surface area contributed by atoms with Crippen LogP contribution in [0.5, 0.6) is 0 Å². The van der Waals surface area contributed by atoms with Crippen LogP contribution in [0, 0.1) is 0 Å². The van der Waals surface area contributed by atoms with Crippen molar-refractivity contribution >= 4 is 38.3 Å². The predicted octanol–water partition coefficient (Wildman–Crippen LogP) is 1.40. The zero-order chi connectivity index (χ0) is 11.7. The van der Waals surface area contributed by atoms with E-state index in [0.29, 0.717) is 10.8 Å². The van der Waals surface area contributed by atoms with Gasteiger partial charge >= 0.3 is 5.97 Å². The summed E-state index contributed by atoms with van der Waals surface area (Å²) in [5.74, 6) is -0.874. The van der Waals surface area contributed by atoms with Gasteiger partial charge in [0, 0.05) is 12.7 Å². The molecular weight excluding hydrogens is 226 g/mol. The number of carboxylic acid groups (broad SMARTS) is 1. The number of thiazole rings is 1. The Balaban J connectivity index is 2.35. The Labute approximate surface area is 96.1 Å². The lowest BCUT2D eigenvalue weighted by Gasteiger charge is -2.11. The van der Waals surface area contributed by atoms with E-state index in [1.807, 2.05) is 12.1 Å². The van der Waals surface area contributed by atoms with Gasteiger partial charge in [0.1, 0.15) is 6.54 Å². The van der Waals surface area contributed by atoms with Gasteiger partial charge in [-0.25, -0.2) is 4.98 Å². The maximum Gasteiger partial charge on any atom is 0.323 e. The molecule has 1 aromatic heterocycles. The Morgan fingerprint density at radius 1 is 1.62 bits per heavy atom. The molecule has 5 nitrogen and oxygen atoms in total. The van der Waals surface area contributed by atoms with E-state index in [9.17, 15) is 4.79 Å². The summed E-state index contributed by atoms with van der Waals surface area (Å²) in [6.45, 7) is -0.0602. The summed E-state index contributed by atoms with van der Waals surface area (Å²) >= 11 is 1.43. The quantitative estimate of drug-likeness (QED) is 0.789. The Morgan fingerprint density at radius 3 is 3.06 bits per heavy atom. The van der Waals surface area contributed by atoms with E-state index in [-0.39, 0.29) is 6.54 Å². The van der Waals surface area contributed by atoms with Gasteiger partial charge in [0.2, 0.25) is 0 Å². The van der Waals surface area contributed by atoms with Crippen LogP contribution in [0.3, 0.4) is 0 Å². The zero-order valence-electron chi connectivity index (χ0n) is 8.67. The van der Waals surface area contributed by atoms with Crippen molar-refractivity contribution in [3.63, 3.8) is 0 Å². The molecule has 84 valence electrons.